The highest BCUT2D eigenvalue weighted by Gasteiger charge is 2.44. The zero-order valence-corrected chi connectivity index (χ0v) is 29.7. The Morgan fingerprint density at radius 2 is 1.00 bits per heavy atom. The zero-order valence-electron chi connectivity index (χ0n) is 28.0. The molecule has 5 nitrogen and oxygen atoms in total. The van der Waals surface area contributed by atoms with Gasteiger partial charge >= 0.3 is 0 Å². The number of thiocarbonyl (C=S) groups is 2. The van der Waals surface area contributed by atoms with Crippen LogP contribution in [-0.2, 0) is 14.2 Å². The Bertz CT molecular complexity index is 662. The van der Waals surface area contributed by atoms with Crippen molar-refractivity contribution >= 4 is 34.5 Å². The maximum atomic E-state index is 10.5. The maximum Gasteiger partial charge on any atom is 0.160 e. The average molecular weight is 645 g/mol. The predicted molar refractivity (Wildman–Crippen MR) is 189 cm³/mol. The molecule has 0 amide bonds. The Morgan fingerprint density at radius 1 is 0.628 bits per heavy atom. The van der Waals surface area contributed by atoms with Crippen LogP contribution in [0.3, 0.4) is 0 Å². The van der Waals surface area contributed by atoms with Gasteiger partial charge in [0.25, 0.3) is 0 Å². The molecule has 1 aliphatic heterocycles. The average Bonchev–Trinajstić information content (AvgIpc) is 3.36. The molecule has 0 aromatic rings. The molecular formula is C36H68O5S2. The van der Waals surface area contributed by atoms with Crippen LogP contribution in [0.5, 0.6) is 0 Å². The van der Waals surface area contributed by atoms with Crippen LogP contribution in [0.15, 0.2) is 0 Å². The number of unbranched alkanes of at least 4 members (excludes halogenated alkanes) is 22. The van der Waals surface area contributed by atoms with E-state index in [0.29, 0.717) is 22.9 Å². The molecule has 254 valence electrons. The monoisotopic (exact) mass is 644 g/mol. The molecule has 4 atom stereocenters. The number of aliphatic hydroxyl groups excluding tert-OH is 2. The Hall–Kier alpha value is -0.340. The van der Waals surface area contributed by atoms with E-state index in [1.807, 2.05) is 0 Å². The molecule has 1 rings (SSSR count). The number of rotatable bonds is 30. The number of hydrogen-bond acceptors (Lipinski definition) is 7. The topological polar surface area (TPSA) is 68.2 Å². The SMILES string of the molecule is CCCCCCCCCCCCCCC(=S)O[C@H]1[C@@H]([C@@H](CO)OC(=S)CCCCCCCCCCCCCC)OC[C@@H]1O. The summed E-state index contributed by atoms with van der Waals surface area (Å²) >= 11 is 11.0. The minimum atomic E-state index is -0.799. The van der Waals surface area contributed by atoms with Gasteiger partial charge in [0, 0.05) is 12.8 Å². The van der Waals surface area contributed by atoms with Crippen molar-refractivity contribution in [2.24, 2.45) is 0 Å². The van der Waals surface area contributed by atoms with Crippen molar-refractivity contribution in [3.63, 3.8) is 0 Å². The highest BCUT2D eigenvalue weighted by Crippen LogP contribution is 2.25. The van der Waals surface area contributed by atoms with Gasteiger partial charge in [0.1, 0.15) is 12.2 Å². The third kappa shape index (κ3) is 21.9. The van der Waals surface area contributed by atoms with E-state index in [1.165, 1.54) is 128 Å². The van der Waals surface area contributed by atoms with Crippen molar-refractivity contribution in [1.82, 2.24) is 0 Å². The van der Waals surface area contributed by atoms with Crippen LogP contribution >= 0.6 is 24.4 Å². The quantitative estimate of drug-likeness (QED) is 0.0596. The lowest BCUT2D eigenvalue weighted by Crippen LogP contribution is -2.45. The van der Waals surface area contributed by atoms with Gasteiger partial charge in [-0.25, -0.2) is 0 Å². The summed E-state index contributed by atoms with van der Waals surface area (Å²) in [4.78, 5) is 0. The first-order valence-electron chi connectivity index (χ1n) is 18.3. The standard InChI is InChI=1S/C36H68O5S2/c1-3-5-7-9-11-13-15-17-19-21-23-25-27-33(42)40-32(29-37)36-35(31(38)30-39-36)41-34(43)28-26-24-22-20-18-16-14-12-10-8-6-4-2/h31-32,35-38H,3-30H2,1-2H3/t31-,32+,35+,36+/m0/s1. The van der Waals surface area contributed by atoms with Crippen molar-refractivity contribution in [3.8, 4) is 0 Å². The molecule has 0 bridgehead atoms. The summed E-state index contributed by atoms with van der Waals surface area (Å²) in [6.45, 7) is 4.42. The van der Waals surface area contributed by atoms with E-state index >= 15 is 0 Å². The molecule has 0 aliphatic carbocycles. The summed E-state index contributed by atoms with van der Waals surface area (Å²) in [7, 11) is 0. The second kappa shape index (κ2) is 29.1. The van der Waals surface area contributed by atoms with Crippen LogP contribution in [0.2, 0.25) is 0 Å². The van der Waals surface area contributed by atoms with Crippen LogP contribution in [0, 0.1) is 0 Å². The first kappa shape index (κ1) is 40.7. The lowest BCUT2D eigenvalue weighted by atomic mass is 10.0. The summed E-state index contributed by atoms with van der Waals surface area (Å²) < 4.78 is 17.7. The van der Waals surface area contributed by atoms with Gasteiger partial charge in [-0.3, -0.25) is 0 Å². The van der Waals surface area contributed by atoms with Crippen LogP contribution in [0.4, 0.5) is 0 Å². The molecule has 2 N–H and O–H groups in total. The highest BCUT2D eigenvalue weighted by molar-refractivity contribution is 7.80. The van der Waals surface area contributed by atoms with Crippen molar-refractivity contribution in [1.29, 1.82) is 0 Å². The summed E-state index contributed by atoms with van der Waals surface area (Å²) in [5.41, 5.74) is 0. The molecule has 43 heavy (non-hydrogen) atoms. The van der Waals surface area contributed by atoms with Crippen molar-refractivity contribution < 1.29 is 24.4 Å². The van der Waals surface area contributed by atoms with Crippen LogP contribution in [0.25, 0.3) is 0 Å². The fraction of sp³-hybridized carbons (Fsp3) is 0.944. The van der Waals surface area contributed by atoms with Crippen LogP contribution in [0.1, 0.15) is 181 Å². The molecule has 1 fully saturated rings. The van der Waals surface area contributed by atoms with E-state index in [0.717, 1.165) is 25.7 Å². The fourth-order valence-corrected chi connectivity index (χ4v) is 6.47. The molecule has 0 saturated carbocycles. The van der Waals surface area contributed by atoms with E-state index in [1.54, 1.807) is 0 Å². The van der Waals surface area contributed by atoms with Gasteiger partial charge in [0.15, 0.2) is 22.3 Å². The summed E-state index contributed by atoms with van der Waals surface area (Å²) in [6, 6.07) is 0. The van der Waals surface area contributed by atoms with Crippen molar-refractivity contribution in [2.45, 2.75) is 205 Å². The van der Waals surface area contributed by atoms with Gasteiger partial charge in [-0.2, -0.15) is 0 Å². The third-order valence-electron chi connectivity index (χ3n) is 8.73. The normalized spacial score (nSPS) is 19.0. The largest absolute Gasteiger partial charge is 0.479 e. The molecule has 0 spiro atoms. The van der Waals surface area contributed by atoms with Crippen molar-refractivity contribution in [2.75, 3.05) is 13.2 Å². The smallest absolute Gasteiger partial charge is 0.160 e. The van der Waals surface area contributed by atoms with Gasteiger partial charge in [0.05, 0.1) is 13.2 Å². The Balaban J connectivity index is 2.15. The first-order valence-corrected chi connectivity index (χ1v) is 19.1. The predicted octanol–water partition coefficient (Wildman–Crippen LogP) is 10.3. The highest BCUT2D eigenvalue weighted by atomic mass is 32.1. The Labute approximate surface area is 276 Å². The Morgan fingerprint density at radius 3 is 1.40 bits per heavy atom. The molecule has 1 aliphatic rings. The molecule has 0 aromatic heterocycles. The van der Waals surface area contributed by atoms with Gasteiger partial charge < -0.3 is 24.4 Å². The number of ether oxygens (including phenoxy) is 3. The van der Waals surface area contributed by atoms with Crippen LogP contribution in [-0.4, -0.2) is 57.9 Å². The molecular weight excluding hydrogens is 577 g/mol. The lowest BCUT2D eigenvalue weighted by Gasteiger charge is -2.28. The second-order valence-electron chi connectivity index (χ2n) is 12.8. The maximum absolute atomic E-state index is 10.5. The first-order chi connectivity index (χ1) is 21.0. The molecule has 7 heteroatoms. The number of aliphatic hydroxyl groups is 2. The summed E-state index contributed by atoms with van der Waals surface area (Å²) in [5.74, 6) is 0. The van der Waals surface area contributed by atoms with Gasteiger partial charge in [-0.1, -0.05) is 155 Å². The van der Waals surface area contributed by atoms with Gasteiger partial charge in [0.2, 0.25) is 0 Å². The van der Waals surface area contributed by atoms with Crippen LogP contribution < -0.4 is 0 Å². The van der Waals surface area contributed by atoms with Gasteiger partial charge in [-0.05, 0) is 37.3 Å². The molecule has 0 radical (unpaired) electrons. The van der Waals surface area contributed by atoms with E-state index in [9.17, 15) is 10.2 Å². The lowest BCUT2D eigenvalue weighted by molar-refractivity contribution is -0.0577. The number of hydrogen-bond donors (Lipinski definition) is 2. The molecule has 1 saturated heterocycles. The van der Waals surface area contributed by atoms with E-state index in [4.69, 9.17) is 38.6 Å². The minimum absolute atomic E-state index is 0.141. The third-order valence-corrected chi connectivity index (χ3v) is 9.33. The van der Waals surface area contributed by atoms with Gasteiger partial charge in [-0.15, -0.1) is 0 Å². The zero-order chi connectivity index (χ0) is 31.4. The van der Waals surface area contributed by atoms with Crippen molar-refractivity contribution in [3.05, 3.63) is 0 Å². The van der Waals surface area contributed by atoms with E-state index < -0.39 is 24.4 Å². The van der Waals surface area contributed by atoms with E-state index in [-0.39, 0.29) is 13.2 Å². The molecule has 0 unspecified atom stereocenters. The molecule has 1 heterocycles. The van der Waals surface area contributed by atoms with E-state index in [2.05, 4.69) is 13.8 Å². The molecule has 0 aromatic carbocycles. The second-order valence-corrected chi connectivity index (χ2v) is 13.7. The summed E-state index contributed by atoms with van der Waals surface area (Å²) in [5, 5.41) is 21.5. The Kier molecular flexibility index (Phi) is 27.5. The minimum Gasteiger partial charge on any atom is -0.479 e. The summed E-state index contributed by atoms with van der Waals surface area (Å²) in [6.07, 6.45) is 29.8. The fourth-order valence-electron chi connectivity index (χ4n) is 5.95.